The zero-order chi connectivity index (χ0) is 15.7. The van der Waals surface area contributed by atoms with E-state index in [1.165, 1.54) is 0 Å². The minimum atomic E-state index is 0.707. The van der Waals surface area contributed by atoms with Crippen LogP contribution in [0, 0.1) is 6.92 Å². The Bertz CT molecular complexity index is 791. The van der Waals surface area contributed by atoms with E-state index in [0.717, 1.165) is 34.6 Å². The third-order valence-electron chi connectivity index (χ3n) is 3.33. The van der Waals surface area contributed by atoms with Gasteiger partial charge in [-0.25, -0.2) is 0 Å². The average molecular weight is 334 g/mol. The van der Waals surface area contributed by atoms with Gasteiger partial charge in [-0.3, -0.25) is 9.25 Å². The highest BCUT2D eigenvalue weighted by molar-refractivity contribution is 7.98. The third kappa shape index (κ3) is 2.64. The van der Waals surface area contributed by atoms with Crippen LogP contribution >= 0.6 is 23.4 Å². The molecule has 3 rings (SSSR count). The second kappa shape index (κ2) is 6.14. The Morgan fingerprint density at radius 1 is 1.18 bits per heavy atom. The third-order valence-corrected chi connectivity index (χ3v) is 4.21. The topological polar surface area (TPSA) is 48.5 Å². The van der Waals surface area contributed by atoms with Crippen molar-refractivity contribution in [3.63, 3.8) is 0 Å². The molecule has 0 atom stereocenters. The first-order valence-electron chi connectivity index (χ1n) is 6.94. The number of nitrogens with zero attached hydrogens (tertiary/aromatic N) is 5. The molecule has 0 radical (unpaired) electrons. The molecule has 0 aliphatic heterocycles. The molecule has 0 N–H and O–H groups in total. The maximum absolute atomic E-state index is 5.99. The van der Waals surface area contributed by atoms with E-state index in [-0.39, 0.29) is 0 Å². The molecule has 7 heteroatoms. The van der Waals surface area contributed by atoms with Gasteiger partial charge < -0.3 is 0 Å². The Kier molecular flexibility index (Phi) is 4.22. The number of benzene rings is 1. The van der Waals surface area contributed by atoms with Gasteiger partial charge in [0.05, 0.1) is 5.69 Å². The van der Waals surface area contributed by atoms with Crippen LogP contribution < -0.4 is 0 Å². The van der Waals surface area contributed by atoms with Gasteiger partial charge in [0, 0.05) is 17.3 Å². The molecule has 22 heavy (non-hydrogen) atoms. The normalized spacial score (nSPS) is 11.1. The Hall–Kier alpha value is -1.79. The number of aromatic nitrogens is 5. The molecule has 114 valence electrons. The van der Waals surface area contributed by atoms with Crippen molar-refractivity contribution < 1.29 is 0 Å². The Balaban J connectivity index is 2.21. The van der Waals surface area contributed by atoms with Gasteiger partial charge in [0.1, 0.15) is 5.69 Å². The van der Waals surface area contributed by atoms with Gasteiger partial charge in [0.2, 0.25) is 0 Å². The molecule has 3 aromatic rings. The zero-order valence-electron chi connectivity index (χ0n) is 12.6. The zero-order valence-corrected chi connectivity index (χ0v) is 14.2. The van der Waals surface area contributed by atoms with E-state index in [9.17, 15) is 0 Å². The van der Waals surface area contributed by atoms with Crippen LogP contribution in [0.15, 0.2) is 35.5 Å². The molecular weight excluding hydrogens is 318 g/mol. The highest BCUT2D eigenvalue weighted by atomic mass is 35.5. The lowest BCUT2D eigenvalue weighted by molar-refractivity contribution is 0.655. The van der Waals surface area contributed by atoms with Crippen LogP contribution in [0.3, 0.4) is 0 Å². The summed E-state index contributed by atoms with van der Waals surface area (Å²) in [5.74, 6) is 0.786. The van der Waals surface area contributed by atoms with E-state index in [4.69, 9.17) is 11.6 Å². The summed E-state index contributed by atoms with van der Waals surface area (Å²) in [6.07, 6.45) is 1.99. The number of halogens is 1. The largest absolute Gasteiger partial charge is 0.269 e. The Morgan fingerprint density at radius 3 is 2.55 bits per heavy atom. The first-order valence-corrected chi connectivity index (χ1v) is 8.54. The quantitative estimate of drug-likeness (QED) is 0.681. The van der Waals surface area contributed by atoms with Crippen molar-refractivity contribution in [2.24, 2.45) is 0 Å². The fourth-order valence-electron chi connectivity index (χ4n) is 2.36. The fourth-order valence-corrected chi connectivity index (χ4v) is 2.98. The average Bonchev–Trinajstić information content (AvgIpc) is 3.10. The van der Waals surface area contributed by atoms with Gasteiger partial charge in [0.15, 0.2) is 11.0 Å². The summed E-state index contributed by atoms with van der Waals surface area (Å²) in [7, 11) is 0. The molecule has 0 unspecified atom stereocenters. The predicted molar refractivity (Wildman–Crippen MR) is 89.8 cm³/mol. The molecule has 0 saturated heterocycles. The molecule has 2 aromatic heterocycles. The summed E-state index contributed by atoms with van der Waals surface area (Å²) in [6, 6.07) is 9.70. The van der Waals surface area contributed by atoms with Crippen LogP contribution in [0.1, 0.15) is 12.6 Å². The molecule has 5 nitrogen and oxygen atoms in total. The molecule has 1 aromatic carbocycles. The van der Waals surface area contributed by atoms with Crippen molar-refractivity contribution >= 4 is 23.4 Å². The van der Waals surface area contributed by atoms with Crippen molar-refractivity contribution in [1.82, 2.24) is 24.5 Å². The van der Waals surface area contributed by atoms with Crippen LogP contribution in [-0.2, 0) is 6.54 Å². The number of hydrogen-bond donors (Lipinski definition) is 0. The van der Waals surface area contributed by atoms with Crippen molar-refractivity contribution in [3.8, 4) is 17.2 Å². The fraction of sp³-hybridized carbons (Fsp3) is 0.267. The Morgan fingerprint density at radius 2 is 1.91 bits per heavy atom. The van der Waals surface area contributed by atoms with Crippen LogP contribution in [0.4, 0.5) is 0 Å². The molecule has 0 aliphatic carbocycles. The van der Waals surface area contributed by atoms with Crippen LogP contribution in [-0.4, -0.2) is 30.8 Å². The van der Waals surface area contributed by atoms with Gasteiger partial charge in [-0.15, -0.1) is 10.2 Å². The molecule has 0 spiro atoms. The van der Waals surface area contributed by atoms with E-state index < -0.39 is 0 Å². The molecule has 0 aliphatic rings. The summed E-state index contributed by atoms with van der Waals surface area (Å²) in [6.45, 7) is 4.83. The molecule has 0 saturated carbocycles. The molecule has 0 fully saturated rings. The summed E-state index contributed by atoms with van der Waals surface area (Å²) in [5, 5.41) is 14.7. The van der Waals surface area contributed by atoms with Gasteiger partial charge in [-0.1, -0.05) is 23.4 Å². The van der Waals surface area contributed by atoms with Crippen molar-refractivity contribution in [1.29, 1.82) is 0 Å². The highest BCUT2D eigenvalue weighted by Crippen LogP contribution is 2.28. The van der Waals surface area contributed by atoms with Crippen molar-refractivity contribution in [2.45, 2.75) is 25.5 Å². The SMILES string of the molecule is CCn1nc(C)cc1-c1nnc(SC)n1-c1ccc(Cl)cc1. The summed E-state index contributed by atoms with van der Waals surface area (Å²) in [5.41, 5.74) is 2.91. The number of rotatable bonds is 4. The predicted octanol–water partition coefficient (Wildman–Crippen LogP) is 3.83. The van der Waals surface area contributed by atoms with Crippen LogP contribution in [0.5, 0.6) is 0 Å². The van der Waals surface area contributed by atoms with Gasteiger partial charge in [-0.2, -0.15) is 5.10 Å². The lowest BCUT2D eigenvalue weighted by atomic mass is 10.3. The van der Waals surface area contributed by atoms with Crippen LogP contribution in [0.25, 0.3) is 17.2 Å². The second-order valence-corrected chi connectivity index (χ2v) is 6.02. The summed E-state index contributed by atoms with van der Waals surface area (Å²) >= 11 is 7.55. The smallest absolute Gasteiger partial charge is 0.195 e. The van der Waals surface area contributed by atoms with E-state index in [2.05, 4.69) is 22.2 Å². The van der Waals surface area contributed by atoms with E-state index >= 15 is 0 Å². The number of hydrogen-bond acceptors (Lipinski definition) is 4. The minimum absolute atomic E-state index is 0.707. The van der Waals surface area contributed by atoms with E-state index in [0.29, 0.717) is 5.02 Å². The first kappa shape index (κ1) is 15.1. The Labute approximate surface area is 138 Å². The lowest BCUT2D eigenvalue weighted by Crippen LogP contribution is -2.05. The maximum Gasteiger partial charge on any atom is 0.195 e. The van der Waals surface area contributed by atoms with E-state index in [1.54, 1.807) is 11.8 Å². The molecular formula is C15H16ClN5S. The maximum atomic E-state index is 5.99. The summed E-state index contributed by atoms with van der Waals surface area (Å²) < 4.78 is 3.97. The van der Waals surface area contributed by atoms with Gasteiger partial charge in [0.25, 0.3) is 0 Å². The second-order valence-electron chi connectivity index (χ2n) is 4.81. The first-order chi connectivity index (χ1) is 10.6. The van der Waals surface area contributed by atoms with E-state index in [1.807, 2.05) is 52.8 Å². The highest BCUT2D eigenvalue weighted by Gasteiger charge is 2.18. The van der Waals surface area contributed by atoms with Gasteiger partial charge >= 0.3 is 0 Å². The van der Waals surface area contributed by atoms with Crippen molar-refractivity contribution in [3.05, 3.63) is 41.0 Å². The number of aryl methyl sites for hydroxylation is 2. The molecule has 2 heterocycles. The summed E-state index contributed by atoms with van der Waals surface area (Å²) in [4.78, 5) is 0. The number of thioether (sulfide) groups is 1. The lowest BCUT2D eigenvalue weighted by Gasteiger charge is -2.10. The molecule has 0 amide bonds. The minimum Gasteiger partial charge on any atom is -0.269 e. The van der Waals surface area contributed by atoms with Crippen LogP contribution in [0.2, 0.25) is 5.02 Å². The van der Waals surface area contributed by atoms with Crippen molar-refractivity contribution in [2.75, 3.05) is 6.26 Å². The molecule has 0 bridgehead atoms. The van der Waals surface area contributed by atoms with Gasteiger partial charge in [-0.05, 0) is 50.4 Å². The standard InChI is InChI=1S/C15H16ClN5S/c1-4-20-13(9-10(2)19-20)14-17-18-15(22-3)21(14)12-7-5-11(16)6-8-12/h5-9H,4H2,1-3H3. The monoisotopic (exact) mass is 333 g/mol.